The van der Waals surface area contributed by atoms with Crippen molar-refractivity contribution in [3.05, 3.63) is 75.9 Å². The molecule has 2 aromatic carbocycles. The van der Waals surface area contributed by atoms with E-state index in [0.29, 0.717) is 33.9 Å². The summed E-state index contributed by atoms with van der Waals surface area (Å²) >= 11 is 0. The minimum atomic E-state index is -0.460. The zero-order valence-corrected chi connectivity index (χ0v) is 17.0. The number of carbonyl (C=O) groups is 2. The van der Waals surface area contributed by atoms with Crippen molar-refractivity contribution in [2.24, 2.45) is 0 Å². The van der Waals surface area contributed by atoms with Crippen molar-refractivity contribution >= 4 is 17.6 Å². The largest absolute Gasteiger partial charge is 0.465 e. The molecular formula is C22H22FN3O3. The summed E-state index contributed by atoms with van der Waals surface area (Å²) in [6.07, 6.45) is 0. The second-order valence-corrected chi connectivity index (χ2v) is 6.85. The van der Waals surface area contributed by atoms with E-state index in [9.17, 15) is 14.0 Å². The normalized spacial score (nSPS) is 10.7. The number of rotatable bonds is 4. The summed E-state index contributed by atoms with van der Waals surface area (Å²) in [7, 11) is 1.32. The van der Waals surface area contributed by atoms with Gasteiger partial charge in [-0.3, -0.25) is 4.79 Å². The molecule has 3 aromatic rings. The number of halogens is 1. The van der Waals surface area contributed by atoms with Crippen LogP contribution in [-0.2, 0) is 4.74 Å². The van der Waals surface area contributed by atoms with E-state index < -0.39 is 5.97 Å². The lowest BCUT2D eigenvalue weighted by molar-refractivity contribution is 0.0599. The zero-order chi connectivity index (χ0) is 21.3. The van der Waals surface area contributed by atoms with Crippen LogP contribution in [0.3, 0.4) is 0 Å². The third kappa shape index (κ3) is 3.89. The summed E-state index contributed by atoms with van der Waals surface area (Å²) < 4.78 is 19.6. The first-order chi connectivity index (χ1) is 13.7. The van der Waals surface area contributed by atoms with Crippen molar-refractivity contribution in [2.45, 2.75) is 27.7 Å². The Balaban J connectivity index is 1.95. The van der Waals surface area contributed by atoms with Crippen LogP contribution in [0.25, 0.3) is 5.69 Å². The zero-order valence-electron chi connectivity index (χ0n) is 17.0. The van der Waals surface area contributed by atoms with Crippen molar-refractivity contribution < 1.29 is 18.7 Å². The number of hydrogen-bond acceptors (Lipinski definition) is 4. The smallest absolute Gasteiger partial charge is 0.338 e. The number of anilines is 1. The van der Waals surface area contributed by atoms with Crippen molar-refractivity contribution in [3.63, 3.8) is 0 Å². The van der Waals surface area contributed by atoms with Gasteiger partial charge in [0.2, 0.25) is 0 Å². The molecule has 1 heterocycles. The van der Waals surface area contributed by atoms with Gasteiger partial charge in [-0.2, -0.15) is 5.10 Å². The van der Waals surface area contributed by atoms with E-state index in [4.69, 9.17) is 4.74 Å². The molecule has 1 amide bonds. The highest BCUT2D eigenvalue weighted by Gasteiger charge is 2.21. The third-order valence-corrected chi connectivity index (χ3v) is 4.92. The molecule has 0 atom stereocenters. The van der Waals surface area contributed by atoms with Crippen LogP contribution in [0.4, 0.5) is 10.1 Å². The first kappa shape index (κ1) is 20.3. The number of carbonyl (C=O) groups excluding carboxylic acids is 2. The predicted molar refractivity (Wildman–Crippen MR) is 108 cm³/mol. The van der Waals surface area contributed by atoms with E-state index in [1.165, 1.54) is 19.2 Å². The molecule has 0 saturated carbocycles. The van der Waals surface area contributed by atoms with Crippen LogP contribution in [-0.4, -0.2) is 28.8 Å². The molecule has 0 saturated heterocycles. The van der Waals surface area contributed by atoms with Gasteiger partial charge < -0.3 is 10.1 Å². The van der Waals surface area contributed by atoms with Gasteiger partial charge in [-0.05, 0) is 75.2 Å². The summed E-state index contributed by atoms with van der Waals surface area (Å²) in [4.78, 5) is 25.0. The summed E-state index contributed by atoms with van der Waals surface area (Å²) in [6, 6.07) is 9.28. The van der Waals surface area contributed by atoms with Gasteiger partial charge >= 0.3 is 5.97 Å². The van der Waals surface area contributed by atoms with Crippen LogP contribution < -0.4 is 5.32 Å². The predicted octanol–water partition coefficient (Wildman–Crippen LogP) is 4.28. The van der Waals surface area contributed by atoms with E-state index in [1.54, 1.807) is 42.8 Å². The summed E-state index contributed by atoms with van der Waals surface area (Å²) in [5.74, 6) is -1.14. The lowest BCUT2D eigenvalue weighted by Gasteiger charge is -2.12. The molecule has 0 unspecified atom stereocenters. The Hall–Kier alpha value is -3.48. The molecule has 1 N–H and O–H groups in total. The van der Waals surface area contributed by atoms with Crippen LogP contribution in [0.2, 0.25) is 0 Å². The summed E-state index contributed by atoms with van der Waals surface area (Å²) in [5.41, 5.74) is 4.80. The van der Waals surface area contributed by atoms with Crippen LogP contribution >= 0.6 is 0 Å². The molecule has 0 radical (unpaired) electrons. The Bertz CT molecular complexity index is 1100. The Morgan fingerprint density at radius 1 is 1.07 bits per heavy atom. The molecule has 0 aliphatic carbocycles. The van der Waals surface area contributed by atoms with Gasteiger partial charge in [0.05, 0.1) is 35.3 Å². The Labute approximate surface area is 168 Å². The topological polar surface area (TPSA) is 73.2 Å². The molecule has 6 nitrogen and oxygen atoms in total. The quantitative estimate of drug-likeness (QED) is 0.669. The number of amides is 1. The summed E-state index contributed by atoms with van der Waals surface area (Å²) in [5, 5.41) is 7.26. The lowest BCUT2D eigenvalue weighted by atomic mass is 10.0. The van der Waals surface area contributed by atoms with Crippen LogP contribution in [0.1, 0.15) is 43.2 Å². The molecule has 150 valence electrons. The number of nitrogens with one attached hydrogen (secondary N) is 1. The maximum Gasteiger partial charge on any atom is 0.338 e. The fourth-order valence-corrected chi connectivity index (χ4v) is 3.25. The number of hydrogen-bond donors (Lipinski definition) is 1. The van der Waals surface area contributed by atoms with Crippen LogP contribution in [0.15, 0.2) is 36.4 Å². The van der Waals surface area contributed by atoms with E-state index >= 15 is 0 Å². The van der Waals surface area contributed by atoms with Gasteiger partial charge in [0.15, 0.2) is 0 Å². The van der Waals surface area contributed by atoms with Gasteiger partial charge in [-0.15, -0.1) is 0 Å². The minimum Gasteiger partial charge on any atom is -0.465 e. The maximum absolute atomic E-state index is 13.2. The molecule has 0 aliphatic rings. The number of benzene rings is 2. The minimum absolute atomic E-state index is 0.340. The van der Waals surface area contributed by atoms with E-state index in [2.05, 4.69) is 10.4 Å². The van der Waals surface area contributed by atoms with Crippen molar-refractivity contribution in [3.8, 4) is 5.69 Å². The van der Waals surface area contributed by atoms with Crippen molar-refractivity contribution in [1.29, 1.82) is 0 Å². The molecule has 0 bridgehead atoms. The first-order valence-electron chi connectivity index (χ1n) is 9.06. The van der Waals surface area contributed by atoms with Gasteiger partial charge in [-0.1, -0.05) is 0 Å². The van der Waals surface area contributed by atoms with Crippen molar-refractivity contribution in [2.75, 3.05) is 12.4 Å². The number of aromatic nitrogens is 2. The maximum atomic E-state index is 13.2. The SMILES string of the molecule is COC(=O)c1cc(NC(=O)c2c(C)nn(-c3ccc(F)cc3)c2C)cc(C)c1C. The average molecular weight is 395 g/mol. The second kappa shape index (κ2) is 7.87. The highest BCUT2D eigenvalue weighted by atomic mass is 19.1. The van der Waals surface area contributed by atoms with Gasteiger partial charge in [0, 0.05) is 5.69 Å². The van der Waals surface area contributed by atoms with Crippen molar-refractivity contribution in [1.82, 2.24) is 9.78 Å². The van der Waals surface area contributed by atoms with Crippen LogP contribution in [0, 0.1) is 33.5 Å². The fourth-order valence-electron chi connectivity index (χ4n) is 3.25. The molecular weight excluding hydrogens is 373 g/mol. The fraction of sp³-hybridized carbons (Fsp3) is 0.227. The molecule has 7 heteroatoms. The van der Waals surface area contributed by atoms with Gasteiger partial charge in [0.25, 0.3) is 5.91 Å². The first-order valence-corrected chi connectivity index (χ1v) is 9.06. The third-order valence-electron chi connectivity index (χ3n) is 4.92. The van der Waals surface area contributed by atoms with Crippen LogP contribution in [0.5, 0.6) is 0 Å². The highest BCUT2D eigenvalue weighted by molar-refractivity contribution is 6.06. The Morgan fingerprint density at radius 3 is 2.34 bits per heavy atom. The second-order valence-electron chi connectivity index (χ2n) is 6.85. The molecule has 0 fully saturated rings. The summed E-state index contributed by atoms with van der Waals surface area (Å²) in [6.45, 7) is 7.20. The number of ether oxygens (including phenoxy) is 1. The monoisotopic (exact) mass is 395 g/mol. The Kier molecular flexibility index (Phi) is 5.50. The highest BCUT2D eigenvalue weighted by Crippen LogP contribution is 2.23. The lowest BCUT2D eigenvalue weighted by Crippen LogP contribution is -2.15. The molecule has 1 aromatic heterocycles. The van der Waals surface area contributed by atoms with E-state index in [-0.39, 0.29) is 11.7 Å². The average Bonchev–Trinajstić information content (AvgIpc) is 2.98. The molecule has 29 heavy (non-hydrogen) atoms. The molecule has 3 rings (SSSR count). The number of methoxy groups -OCH3 is 1. The molecule has 0 spiro atoms. The number of esters is 1. The Morgan fingerprint density at radius 2 is 1.72 bits per heavy atom. The molecule has 0 aliphatic heterocycles. The number of aryl methyl sites for hydroxylation is 2. The van der Waals surface area contributed by atoms with Gasteiger partial charge in [0.1, 0.15) is 5.82 Å². The van der Waals surface area contributed by atoms with E-state index in [0.717, 1.165) is 11.1 Å². The standard InChI is InChI=1S/C22H22FN3O3/c1-12-10-17(11-19(13(12)2)22(28)29-5)24-21(27)20-14(3)25-26(15(20)4)18-8-6-16(23)7-9-18/h6-11H,1-5H3,(H,24,27). The van der Waals surface area contributed by atoms with Gasteiger partial charge in [-0.25, -0.2) is 13.9 Å². The number of nitrogens with zero attached hydrogens (tertiary/aromatic N) is 2. The van der Waals surface area contributed by atoms with E-state index in [1.807, 2.05) is 13.8 Å².